The maximum atomic E-state index is 15.3. The summed E-state index contributed by atoms with van der Waals surface area (Å²) >= 11 is 0. The first-order chi connectivity index (χ1) is 25.3. The van der Waals surface area contributed by atoms with Gasteiger partial charge in [-0.1, -0.05) is 96.6 Å². The Morgan fingerprint density at radius 2 is 1.58 bits per heavy atom. The molecule has 6 unspecified atom stereocenters. The van der Waals surface area contributed by atoms with Crippen LogP contribution in [0.5, 0.6) is 5.75 Å². The number of aliphatic hydroxyl groups excluding tert-OH is 1. The summed E-state index contributed by atoms with van der Waals surface area (Å²) in [5.41, 5.74) is 7.17. The van der Waals surface area contributed by atoms with Gasteiger partial charge in [-0.3, -0.25) is 29.5 Å². The van der Waals surface area contributed by atoms with Crippen molar-refractivity contribution < 1.29 is 29.0 Å². The molecule has 0 aromatic heterocycles. The summed E-state index contributed by atoms with van der Waals surface area (Å²) in [7, 11) is 0. The van der Waals surface area contributed by atoms with Gasteiger partial charge in [-0.05, 0) is 78.8 Å². The Hall–Kier alpha value is -5.80. The Labute approximate surface area is 302 Å². The summed E-state index contributed by atoms with van der Waals surface area (Å²) in [6.07, 6.45) is 4.31. The number of amides is 4. The van der Waals surface area contributed by atoms with Crippen molar-refractivity contribution >= 4 is 41.1 Å². The molecule has 4 aliphatic rings. The largest absolute Gasteiger partial charge is 0.491 e. The van der Waals surface area contributed by atoms with Crippen LogP contribution in [-0.4, -0.2) is 47.0 Å². The molecule has 2 aliphatic carbocycles. The van der Waals surface area contributed by atoms with Gasteiger partial charge in [0, 0.05) is 5.92 Å². The second-order valence-electron chi connectivity index (χ2n) is 14.0. The van der Waals surface area contributed by atoms with Crippen molar-refractivity contribution in [1.82, 2.24) is 5.01 Å². The fraction of sp³-hybridized carbons (Fsp3) is 0.256. The van der Waals surface area contributed by atoms with Crippen LogP contribution >= 0.6 is 0 Å². The quantitative estimate of drug-likeness (QED) is 0.159. The molecule has 2 saturated heterocycles. The summed E-state index contributed by atoms with van der Waals surface area (Å²) in [5.74, 6) is -3.99. The fourth-order valence-corrected chi connectivity index (χ4v) is 9.06. The van der Waals surface area contributed by atoms with Crippen LogP contribution in [0.4, 0.5) is 11.4 Å². The average Bonchev–Trinajstić information content (AvgIpc) is 3.56. The number of fused-ring (bicyclic) bond motifs is 4. The van der Waals surface area contributed by atoms with Crippen LogP contribution in [0.2, 0.25) is 0 Å². The molecule has 4 aromatic rings. The number of ether oxygens (including phenoxy) is 1. The molecular weight excluding hydrogens is 654 g/mol. The number of aryl methyl sites for hydroxylation is 1. The van der Waals surface area contributed by atoms with E-state index in [2.05, 4.69) is 18.1 Å². The number of hydrogen-bond acceptors (Lipinski definition) is 7. The molecule has 2 aliphatic heterocycles. The van der Waals surface area contributed by atoms with E-state index in [0.717, 1.165) is 22.3 Å². The van der Waals surface area contributed by atoms with Gasteiger partial charge in [0.2, 0.25) is 11.8 Å². The molecule has 3 fully saturated rings. The molecule has 4 aromatic carbocycles. The van der Waals surface area contributed by atoms with Gasteiger partial charge in [0.15, 0.2) is 0 Å². The molecule has 1 saturated carbocycles. The molecule has 9 nitrogen and oxygen atoms in total. The predicted octanol–water partition coefficient (Wildman–Crippen LogP) is 6.20. The van der Waals surface area contributed by atoms with Gasteiger partial charge in [-0.15, -0.1) is 0 Å². The van der Waals surface area contributed by atoms with Gasteiger partial charge in [-0.2, -0.15) is 5.01 Å². The summed E-state index contributed by atoms with van der Waals surface area (Å²) in [5, 5.41) is 10.5. The highest BCUT2D eigenvalue weighted by Crippen LogP contribution is 2.64. The van der Waals surface area contributed by atoms with E-state index in [1.807, 2.05) is 85.8 Å². The average molecular weight is 694 g/mol. The van der Waals surface area contributed by atoms with Crippen LogP contribution in [0.1, 0.15) is 41.0 Å². The normalized spacial score (nSPS) is 26.4. The zero-order valence-corrected chi connectivity index (χ0v) is 28.8. The van der Waals surface area contributed by atoms with Crippen LogP contribution in [0.25, 0.3) is 6.08 Å². The molecular formula is C43H39N3O6. The molecule has 52 heavy (non-hydrogen) atoms. The van der Waals surface area contributed by atoms with E-state index in [1.165, 1.54) is 9.91 Å². The van der Waals surface area contributed by atoms with Gasteiger partial charge in [-0.25, -0.2) is 0 Å². The maximum absolute atomic E-state index is 15.3. The monoisotopic (exact) mass is 693 g/mol. The minimum Gasteiger partial charge on any atom is -0.491 e. The number of nitrogens with one attached hydrogen (secondary N) is 1. The number of nitrogens with zero attached hydrogens (tertiary/aromatic N) is 2. The molecule has 6 atom stereocenters. The molecule has 0 radical (unpaired) electrons. The minimum absolute atomic E-state index is 0.130. The topological polar surface area (TPSA) is 116 Å². The number of allylic oxidation sites excluding steroid dienone is 2. The van der Waals surface area contributed by atoms with Crippen molar-refractivity contribution in [3.8, 4) is 5.75 Å². The molecule has 2 heterocycles. The lowest BCUT2D eigenvalue weighted by Crippen LogP contribution is -2.53. The smallest absolute Gasteiger partial charge is 0.260 e. The Morgan fingerprint density at radius 3 is 2.25 bits per heavy atom. The summed E-state index contributed by atoms with van der Waals surface area (Å²) in [6.45, 7) is 5.77. The summed E-state index contributed by atoms with van der Waals surface area (Å²) in [6, 6.07) is 31.5. The Balaban J connectivity index is 1.28. The van der Waals surface area contributed by atoms with Crippen LogP contribution in [-0.2, 0) is 24.6 Å². The Morgan fingerprint density at radius 1 is 0.865 bits per heavy atom. The van der Waals surface area contributed by atoms with E-state index in [-0.39, 0.29) is 43.3 Å². The van der Waals surface area contributed by atoms with Crippen molar-refractivity contribution in [1.29, 1.82) is 0 Å². The van der Waals surface area contributed by atoms with E-state index >= 15 is 4.79 Å². The molecule has 4 amide bonds. The van der Waals surface area contributed by atoms with Gasteiger partial charge >= 0.3 is 0 Å². The lowest BCUT2D eigenvalue weighted by atomic mass is 9.49. The van der Waals surface area contributed by atoms with Gasteiger partial charge < -0.3 is 9.84 Å². The first kappa shape index (κ1) is 33.3. The first-order valence-corrected chi connectivity index (χ1v) is 17.7. The second kappa shape index (κ2) is 13.1. The molecule has 2 N–H and O–H groups in total. The van der Waals surface area contributed by atoms with Crippen molar-refractivity contribution in [2.45, 2.75) is 31.1 Å². The van der Waals surface area contributed by atoms with E-state index in [0.29, 0.717) is 29.1 Å². The number of imide groups is 2. The van der Waals surface area contributed by atoms with Crippen LogP contribution < -0.4 is 15.1 Å². The Kier molecular flexibility index (Phi) is 8.38. The van der Waals surface area contributed by atoms with Crippen molar-refractivity contribution in [2.75, 3.05) is 23.5 Å². The third kappa shape index (κ3) is 5.10. The number of hydrogen-bond donors (Lipinski definition) is 2. The maximum Gasteiger partial charge on any atom is 0.260 e. The zero-order valence-electron chi connectivity index (χ0n) is 28.8. The third-order valence-corrected chi connectivity index (χ3v) is 11.4. The van der Waals surface area contributed by atoms with Gasteiger partial charge in [0.1, 0.15) is 12.4 Å². The third-order valence-electron chi connectivity index (χ3n) is 11.4. The molecule has 0 spiro atoms. The van der Waals surface area contributed by atoms with Gasteiger partial charge in [0.25, 0.3) is 11.8 Å². The van der Waals surface area contributed by atoms with Gasteiger partial charge in [0.05, 0.1) is 41.2 Å². The second-order valence-corrected chi connectivity index (χ2v) is 14.0. The molecule has 9 heteroatoms. The highest BCUT2D eigenvalue weighted by molar-refractivity contribution is 6.22. The van der Waals surface area contributed by atoms with Crippen LogP contribution in [0.3, 0.4) is 0 Å². The summed E-state index contributed by atoms with van der Waals surface area (Å²) < 4.78 is 5.68. The van der Waals surface area contributed by atoms with Crippen LogP contribution in [0.15, 0.2) is 121 Å². The van der Waals surface area contributed by atoms with E-state index in [1.54, 1.807) is 30.3 Å². The number of aliphatic hydroxyl groups is 1. The highest BCUT2D eigenvalue weighted by atomic mass is 16.5. The SMILES string of the molecule is C=Cc1ccc(N2C(=O)C3CC=C4C(CC5C(=O)N(Nc6ccc(C)cc6)C(=O)C5(c5ccccc5)C4c4ccc(OCCO)cc4)C3C2=O)cc1. The van der Waals surface area contributed by atoms with E-state index in [9.17, 15) is 19.5 Å². The number of carbonyl (C=O) groups is 4. The Bertz CT molecular complexity index is 2090. The lowest BCUT2D eigenvalue weighted by molar-refractivity contribution is -0.138. The molecule has 8 rings (SSSR count). The summed E-state index contributed by atoms with van der Waals surface area (Å²) in [4.78, 5) is 59.9. The van der Waals surface area contributed by atoms with Crippen molar-refractivity contribution in [2.24, 2.45) is 23.7 Å². The zero-order chi connectivity index (χ0) is 36.1. The number of benzene rings is 4. The first-order valence-electron chi connectivity index (χ1n) is 17.7. The lowest BCUT2D eigenvalue weighted by Gasteiger charge is -2.50. The number of carbonyl (C=O) groups excluding carboxylic acids is 4. The van der Waals surface area contributed by atoms with Crippen molar-refractivity contribution in [3.63, 3.8) is 0 Å². The van der Waals surface area contributed by atoms with Crippen molar-refractivity contribution in [3.05, 3.63) is 144 Å². The standard InChI is InChI=1S/C43H39N3O6/c1-3-27-11-17-31(18-12-27)45-39(48)34-22-21-33-35(37(34)41(45)50)25-36-40(49)46(44-30-15-9-26(2)10-16-30)42(51)43(36,29-7-5-4-6-8-29)38(33)28-13-19-32(20-14-28)52-24-23-47/h3-21,34-38,44,47H,1,22-25H2,2H3. The molecule has 262 valence electrons. The number of rotatable bonds is 9. The van der Waals surface area contributed by atoms with E-state index in [4.69, 9.17) is 4.74 Å². The molecule has 0 bridgehead atoms. The fourth-order valence-electron chi connectivity index (χ4n) is 9.06. The van der Waals surface area contributed by atoms with E-state index < -0.39 is 35.0 Å². The van der Waals surface area contributed by atoms with Crippen LogP contribution in [0, 0.1) is 30.6 Å². The number of anilines is 2. The predicted molar refractivity (Wildman–Crippen MR) is 197 cm³/mol. The number of hydrazine groups is 1. The minimum atomic E-state index is -1.36. The highest BCUT2D eigenvalue weighted by Gasteiger charge is 2.70.